The van der Waals surface area contributed by atoms with Crippen molar-refractivity contribution in [3.8, 4) is 0 Å². The smallest absolute Gasteiger partial charge is 0.225 e. The lowest BCUT2D eigenvalue weighted by molar-refractivity contribution is 0.782. The fourth-order valence-electron chi connectivity index (χ4n) is 1.41. The summed E-state index contributed by atoms with van der Waals surface area (Å²) in [5.74, 6) is 3.29. The van der Waals surface area contributed by atoms with Crippen molar-refractivity contribution in [1.82, 2.24) is 9.97 Å². The number of hydrogen-bond acceptors (Lipinski definition) is 4. The highest BCUT2D eigenvalue weighted by Gasteiger charge is 2.11. The van der Waals surface area contributed by atoms with Crippen LogP contribution in [0.5, 0.6) is 0 Å². The highest BCUT2D eigenvalue weighted by Crippen LogP contribution is 2.15. The highest BCUT2D eigenvalue weighted by atomic mass is 79.9. The molecule has 0 unspecified atom stereocenters. The first-order valence-corrected chi connectivity index (χ1v) is 6.61. The van der Waals surface area contributed by atoms with E-state index < -0.39 is 0 Å². The molecule has 0 atom stereocenters. The van der Waals surface area contributed by atoms with Crippen molar-refractivity contribution in [2.45, 2.75) is 6.42 Å². The monoisotopic (exact) mass is 273 g/mol. The predicted octanol–water partition coefficient (Wildman–Crippen LogP) is 2.18. The minimum Gasteiger partial charge on any atom is -0.340 e. The fraction of sp³-hybridized carbons (Fsp3) is 0.556. The number of anilines is 1. The van der Waals surface area contributed by atoms with Crippen LogP contribution in [0.25, 0.3) is 0 Å². The maximum absolute atomic E-state index is 4.30. The van der Waals surface area contributed by atoms with Crippen LogP contribution in [-0.2, 0) is 0 Å². The average Bonchev–Trinajstić information content (AvgIpc) is 2.47. The Labute approximate surface area is 96.4 Å². The van der Waals surface area contributed by atoms with E-state index in [1.807, 2.05) is 11.8 Å². The van der Waals surface area contributed by atoms with E-state index in [1.54, 1.807) is 12.4 Å². The summed E-state index contributed by atoms with van der Waals surface area (Å²) < 4.78 is 0.936. The van der Waals surface area contributed by atoms with Crippen LogP contribution in [-0.4, -0.2) is 34.6 Å². The van der Waals surface area contributed by atoms with Crippen molar-refractivity contribution in [2.75, 3.05) is 29.5 Å². The number of rotatable bonds is 1. The second-order valence-electron chi connectivity index (χ2n) is 3.15. The molecule has 1 saturated heterocycles. The maximum atomic E-state index is 4.30. The van der Waals surface area contributed by atoms with Gasteiger partial charge in [0.1, 0.15) is 0 Å². The molecule has 5 heteroatoms. The van der Waals surface area contributed by atoms with E-state index in [0.717, 1.165) is 23.5 Å². The van der Waals surface area contributed by atoms with Crippen LogP contribution in [0.3, 0.4) is 0 Å². The summed E-state index contributed by atoms with van der Waals surface area (Å²) in [5, 5.41) is 0. The molecule has 0 aromatic carbocycles. The minimum atomic E-state index is 0.857. The number of aromatic nitrogens is 2. The Bertz CT molecular complexity index is 283. The second kappa shape index (κ2) is 4.98. The van der Waals surface area contributed by atoms with Gasteiger partial charge in [0, 0.05) is 31.2 Å². The van der Waals surface area contributed by atoms with Crippen molar-refractivity contribution in [3.05, 3.63) is 16.9 Å². The van der Waals surface area contributed by atoms with Crippen LogP contribution >= 0.6 is 27.7 Å². The van der Waals surface area contributed by atoms with Gasteiger partial charge in [-0.05, 0) is 28.1 Å². The van der Waals surface area contributed by atoms with Crippen molar-refractivity contribution in [2.24, 2.45) is 0 Å². The van der Waals surface area contributed by atoms with Crippen LogP contribution in [0.15, 0.2) is 16.9 Å². The maximum Gasteiger partial charge on any atom is 0.225 e. The summed E-state index contributed by atoms with van der Waals surface area (Å²) in [6.45, 7) is 2.14. The molecule has 1 aliphatic rings. The van der Waals surface area contributed by atoms with E-state index in [0.29, 0.717) is 0 Å². The predicted molar refractivity (Wildman–Crippen MR) is 63.9 cm³/mol. The zero-order valence-electron chi connectivity index (χ0n) is 7.82. The molecule has 1 aromatic heterocycles. The van der Waals surface area contributed by atoms with Crippen LogP contribution in [0.4, 0.5) is 5.95 Å². The molecule has 0 amide bonds. The largest absolute Gasteiger partial charge is 0.340 e. The van der Waals surface area contributed by atoms with Gasteiger partial charge in [-0.1, -0.05) is 0 Å². The van der Waals surface area contributed by atoms with Gasteiger partial charge in [-0.25, -0.2) is 9.97 Å². The SMILES string of the molecule is Brc1cnc(N2CCCSCC2)nc1. The zero-order valence-corrected chi connectivity index (χ0v) is 10.2. The normalized spacial score (nSPS) is 17.9. The highest BCUT2D eigenvalue weighted by molar-refractivity contribution is 9.10. The molecule has 0 bridgehead atoms. The topological polar surface area (TPSA) is 29.0 Å². The summed E-state index contributed by atoms with van der Waals surface area (Å²) in [4.78, 5) is 10.9. The summed E-state index contributed by atoms with van der Waals surface area (Å²) in [6.07, 6.45) is 4.84. The molecule has 1 fully saturated rings. The van der Waals surface area contributed by atoms with E-state index in [1.165, 1.54) is 17.9 Å². The van der Waals surface area contributed by atoms with Gasteiger partial charge in [0.15, 0.2) is 0 Å². The van der Waals surface area contributed by atoms with Crippen LogP contribution < -0.4 is 4.90 Å². The van der Waals surface area contributed by atoms with Gasteiger partial charge >= 0.3 is 0 Å². The van der Waals surface area contributed by atoms with Gasteiger partial charge in [-0.3, -0.25) is 0 Å². The Kier molecular flexibility index (Phi) is 3.64. The first-order valence-electron chi connectivity index (χ1n) is 4.66. The Balaban J connectivity index is 2.08. The van der Waals surface area contributed by atoms with Crippen LogP contribution in [0, 0.1) is 0 Å². The Morgan fingerprint density at radius 2 is 2.00 bits per heavy atom. The summed E-state index contributed by atoms with van der Waals surface area (Å²) in [7, 11) is 0. The fourth-order valence-corrected chi connectivity index (χ4v) is 2.51. The molecule has 2 heterocycles. The number of hydrogen-bond donors (Lipinski definition) is 0. The molecular formula is C9H12BrN3S. The molecule has 0 saturated carbocycles. The van der Waals surface area contributed by atoms with Gasteiger partial charge < -0.3 is 4.90 Å². The molecule has 1 aromatic rings. The van der Waals surface area contributed by atoms with E-state index >= 15 is 0 Å². The molecule has 0 radical (unpaired) electrons. The molecule has 14 heavy (non-hydrogen) atoms. The van der Waals surface area contributed by atoms with Gasteiger partial charge in [-0.2, -0.15) is 11.8 Å². The van der Waals surface area contributed by atoms with E-state index in [9.17, 15) is 0 Å². The third kappa shape index (κ3) is 2.60. The van der Waals surface area contributed by atoms with Crippen molar-refractivity contribution in [3.63, 3.8) is 0 Å². The van der Waals surface area contributed by atoms with Gasteiger partial charge in [0.25, 0.3) is 0 Å². The second-order valence-corrected chi connectivity index (χ2v) is 5.29. The standard InChI is InChI=1S/C9H12BrN3S/c10-8-6-11-9(12-7-8)13-2-1-4-14-5-3-13/h6-7H,1-5H2. The summed E-state index contributed by atoms with van der Waals surface area (Å²) in [6, 6.07) is 0. The van der Waals surface area contributed by atoms with Gasteiger partial charge in [0.2, 0.25) is 5.95 Å². The van der Waals surface area contributed by atoms with E-state index in [2.05, 4.69) is 30.8 Å². The zero-order chi connectivity index (χ0) is 9.80. The van der Waals surface area contributed by atoms with Crippen molar-refractivity contribution < 1.29 is 0 Å². The first kappa shape index (κ1) is 10.2. The molecule has 3 nitrogen and oxygen atoms in total. The van der Waals surface area contributed by atoms with Crippen LogP contribution in [0.1, 0.15) is 6.42 Å². The Hall–Kier alpha value is -0.290. The number of thioether (sulfide) groups is 1. The molecular weight excluding hydrogens is 262 g/mol. The van der Waals surface area contributed by atoms with E-state index in [-0.39, 0.29) is 0 Å². The molecule has 0 N–H and O–H groups in total. The quantitative estimate of drug-likeness (QED) is 0.785. The van der Waals surface area contributed by atoms with Gasteiger partial charge in [0.05, 0.1) is 4.47 Å². The lowest BCUT2D eigenvalue weighted by atomic mass is 10.4. The van der Waals surface area contributed by atoms with Crippen LogP contribution in [0.2, 0.25) is 0 Å². The van der Waals surface area contributed by atoms with E-state index in [4.69, 9.17) is 0 Å². The number of halogens is 1. The summed E-state index contributed by atoms with van der Waals surface area (Å²) in [5.41, 5.74) is 0. The van der Waals surface area contributed by atoms with Crippen molar-refractivity contribution in [1.29, 1.82) is 0 Å². The molecule has 2 rings (SSSR count). The third-order valence-electron chi connectivity index (χ3n) is 2.11. The van der Waals surface area contributed by atoms with Crippen molar-refractivity contribution >= 4 is 33.6 Å². The average molecular weight is 274 g/mol. The molecule has 0 spiro atoms. The lowest BCUT2D eigenvalue weighted by Gasteiger charge is -2.19. The minimum absolute atomic E-state index is 0.857. The lowest BCUT2D eigenvalue weighted by Crippen LogP contribution is -2.27. The number of nitrogens with zero attached hydrogens (tertiary/aromatic N) is 3. The molecule has 76 valence electrons. The Morgan fingerprint density at radius 1 is 1.21 bits per heavy atom. The molecule has 1 aliphatic heterocycles. The molecule has 0 aliphatic carbocycles. The van der Waals surface area contributed by atoms with Gasteiger partial charge in [-0.15, -0.1) is 0 Å². The first-order chi connectivity index (χ1) is 6.86. The Morgan fingerprint density at radius 3 is 2.79 bits per heavy atom. The summed E-state index contributed by atoms with van der Waals surface area (Å²) >= 11 is 5.35. The third-order valence-corrected chi connectivity index (χ3v) is 3.57.